The van der Waals surface area contributed by atoms with E-state index in [9.17, 15) is 5.26 Å². The molecule has 0 aromatic heterocycles. The zero-order chi connectivity index (χ0) is 18.0. The summed E-state index contributed by atoms with van der Waals surface area (Å²) in [7, 11) is 0. The van der Waals surface area contributed by atoms with Crippen LogP contribution in [0.15, 0.2) is 53.9 Å². The van der Waals surface area contributed by atoms with Crippen molar-refractivity contribution in [3.8, 4) is 11.8 Å². The van der Waals surface area contributed by atoms with Crippen molar-refractivity contribution in [2.75, 3.05) is 18.0 Å². The van der Waals surface area contributed by atoms with E-state index in [0.29, 0.717) is 16.3 Å². The fourth-order valence-corrected chi connectivity index (χ4v) is 3.46. The monoisotopic (exact) mass is 353 g/mol. The Balaban J connectivity index is 2.14. The van der Waals surface area contributed by atoms with Crippen LogP contribution in [0.3, 0.4) is 0 Å². The van der Waals surface area contributed by atoms with Gasteiger partial charge >= 0.3 is 0 Å². The number of anilines is 1. The Morgan fingerprint density at radius 3 is 2.60 bits per heavy atom. The van der Waals surface area contributed by atoms with Gasteiger partial charge in [-0.2, -0.15) is 5.26 Å². The number of halogens is 1. The summed E-state index contributed by atoms with van der Waals surface area (Å²) in [5.74, 6) is 0.556. The van der Waals surface area contributed by atoms with Gasteiger partial charge in [-0.15, -0.1) is 0 Å². The molecule has 25 heavy (non-hydrogen) atoms. The zero-order valence-corrected chi connectivity index (χ0v) is 15.0. The first-order valence-corrected chi connectivity index (χ1v) is 8.68. The van der Waals surface area contributed by atoms with Gasteiger partial charge in [0.05, 0.1) is 5.92 Å². The summed E-state index contributed by atoms with van der Waals surface area (Å²) in [5.41, 5.74) is 9.37. The molecule has 2 aromatic carbocycles. The maximum absolute atomic E-state index is 9.60. The van der Waals surface area contributed by atoms with E-state index < -0.39 is 0 Å². The summed E-state index contributed by atoms with van der Waals surface area (Å²) in [6, 6.07) is 15.8. The van der Waals surface area contributed by atoms with Gasteiger partial charge in [0.25, 0.3) is 0 Å². The van der Waals surface area contributed by atoms with Crippen molar-refractivity contribution in [3.63, 3.8) is 0 Å². The van der Waals surface area contributed by atoms with Gasteiger partial charge in [-0.05, 0) is 37.6 Å². The summed E-state index contributed by atoms with van der Waals surface area (Å²) < 4.78 is 5.77. The Labute approximate surface area is 153 Å². The topological polar surface area (TPSA) is 62.3 Å². The van der Waals surface area contributed by atoms with Crippen LogP contribution in [0.25, 0.3) is 0 Å². The summed E-state index contributed by atoms with van der Waals surface area (Å²) in [4.78, 5) is 2.23. The molecular formula is C20H20ClN3O. The van der Waals surface area contributed by atoms with E-state index in [1.54, 1.807) is 0 Å². The summed E-state index contributed by atoms with van der Waals surface area (Å²) >= 11 is 6.15. The lowest BCUT2D eigenvalue weighted by Crippen LogP contribution is -2.24. The average molecular weight is 354 g/mol. The molecule has 0 amide bonds. The maximum Gasteiger partial charge on any atom is 0.205 e. The average Bonchev–Trinajstić information content (AvgIpc) is 2.61. The molecule has 2 aromatic rings. The van der Waals surface area contributed by atoms with Crippen LogP contribution >= 0.6 is 11.6 Å². The number of ether oxygens (including phenoxy) is 1. The van der Waals surface area contributed by atoms with Crippen LogP contribution in [-0.4, -0.2) is 13.1 Å². The smallest absolute Gasteiger partial charge is 0.205 e. The van der Waals surface area contributed by atoms with Gasteiger partial charge in [0.2, 0.25) is 5.88 Å². The highest BCUT2D eigenvalue weighted by Crippen LogP contribution is 2.43. The fraction of sp³-hybridized carbons (Fsp3) is 0.250. The molecule has 0 bridgehead atoms. The molecule has 0 saturated carbocycles. The first kappa shape index (κ1) is 17.2. The van der Waals surface area contributed by atoms with Crippen LogP contribution in [0.1, 0.15) is 30.9 Å². The van der Waals surface area contributed by atoms with Gasteiger partial charge in [-0.3, -0.25) is 0 Å². The second kappa shape index (κ2) is 7.08. The number of fused-ring (bicyclic) bond motifs is 1. The molecule has 4 nitrogen and oxygen atoms in total. The van der Waals surface area contributed by atoms with E-state index in [1.165, 1.54) is 0 Å². The molecule has 0 radical (unpaired) electrons. The molecule has 0 spiro atoms. The van der Waals surface area contributed by atoms with Gasteiger partial charge in [-0.25, -0.2) is 0 Å². The minimum atomic E-state index is -0.279. The number of nitrogens with two attached hydrogens (primary N) is 1. The van der Waals surface area contributed by atoms with E-state index in [-0.39, 0.29) is 11.8 Å². The number of allylic oxidation sites excluding steroid dienone is 1. The Kier molecular flexibility index (Phi) is 4.87. The number of nitriles is 1. The van der Waals surface area contributed by atoms with Crippen LogP contribution in [0, 0.1) is 11.3 Å². The standard InChI is InChI=1S/C20H20ClN3O/c1-3-24(4-2)15-8-9-16-18(11-15)25-20(23)17(12-22)19(16)13-6-5-7-14(21)10-13/h5-11,19H,3-4,23H2,1-2H3/t19-/m1/s1. The van der Waals surface area contributed by atoms with E-state index >= 15 is 0 Å². The molecule has 1 aliphatic heterocycles. The van der Waals surface area contributed by atoms with E-state index in [1.807, 2.05) is 36.4 Å². The van der Waals surface area contributed by atoms with Crippen molar-refractivity contribution in [1.29, 1.82) is 5.26 Å². The predicted octanol–water partition coefficient (Wildman–Crippen LogP) is 4.40. The Bertz CT molecular complexity index is 865. The first-order valence-electron chi connectivity index (χ1n) is 8.31. The fourth-order valence-electron chi connectivity index (χ4n) is 3.26. The summed E-state index contributed by atoms with van der Waals surface area (Å²) in [5, 5.41) is 10.2. The van der Waals surface area contributed by atoms with Crippen molar-refractivity contribution in [1.82, 2.24) is 0 Å². The van der Waals surface area contributed by atoms with Gasteiger partial charge < -0.3 is 15.4 Å². The van der Waals surface area contributed by atoms with Crippen LogP contribution in [-0.2, 0) is 0 Å². The van der Waals surface area contributed by atoms with Crippen molar-refractivity contribution in [2.24, 2.45) is 5.73 Å². The largest absolute Gasteiger partial charge is 0.440 e. The number of nitrogens with zero attached hydrogens (tertiary/aromatic N) is 2. The second-order valence-electron chi connectivity index (χ2n) is 5.87. The molecule has 1 aliphatic rings. The third kappa shape index (κ3) is 3.16. The van der Waals surface area contributed by atoms with Crippen LogP contribution in [0.5, 0.6) is 5.75 Å². The van der Waals surface area contributed by atoms with Gasteiger partial charge in [-0.1, -0.05) is 29.8 Å². The molecule has 0 aliphatic carbocycles. The first-order chi connectivity index (χ1) is 12.1. The Morgan fingerprint density at radius 2 is 1.96 bits per heavy atom. The lowest BCUT2D eigenvalue weighted by molar-refractivity contribution is 0.393. The third-order valence-electron chi connectivity index (χ3n) is 4.51. The Hall–Kier alpha value is -2.64. The summed E-state index contributed by atoms with van der Waals surface area (Å²) in [6.45, 7) is 6.03. The van der Waals surface area contributed by atoms with Crippen molar-refractivity contribution < 1.29 is 4.74 Å². The molecule has 3 rings (SSSR count). The highest BCUT2D eigenvalue weighted by atomic mass is 35.5. The lowest BCUT2D eigenvalue weighted by atomic mass is 9.83. The van der Waals surface area contributed by atoms with Crippen molar-refractivity contribution >= 4 is 17.3 Å². The highest BCUT2D eigenvalue weighted by molar-refractivity contribution is 6.30. The SMILES string of the molecule is CCN(CC)c1ccc2c(c1)OC(N)=C(C#N)[C@@H]2c1cccc(Cl)c1. The van der Waals surface area contributed by atoms with Crippen LogP contribution in [0.4, 0.5) is 5.69 Å². The molecule has 0 unspecified atom stereocenters. The number of benzene rings is 2. The van der Waals surface area contributed by atoms with Crippen molar-refractivity contribution in [2.45, 2.75) is 19.8 Å². The van der Waals surface area contributed by atoms with E-state index in [0.717, 1.165) is 29.9 Å². The number of hydrogen-bond acceptors (Lipinski definition) is 4. The van der Waals surface area contributed by atoms with Gasteiger partial charge in [0.15, 0.2) is 0 Å². The van der Waals surface area contributed by atoms with Gasteiger partial charge in [0, 0.05) is 35.4 Å². The molecular weight excluding hydrogens is 334 g/mol. The second-order valence-corrected chi connectivity index (χ2v) is 6.31. The third-order valence-corrected chi connectivity index (χ3v) is 4.75. The van der Waals surface area contributed by atoms with Crippen LogP contribution in [0.2, 0.25) is 5.02 Å². The van der Waals surface area contributed by atoms with E-state index in [4.69, 9.17) is 22.1 Å². The van der Waals surface area contributed by atoms with Gasteiger partial charge in [0.1, 0.15) is 17.4 Å². The summed E-state index contributed by atoms with van der Waals surface area (Å²) in [6.07, 6.45) is 0. The Morgan fingerprint density at radius 1 is 1.20 bits per heavy atom. The van der Waals surface area contributed by atoms with Crippen molar-refractivity contribution in [3.05, 3.63) is 70.1 Å². The maximum atomic E-state index is 9.60. The predicted molar refractivity (Wildman–Crippen MR) is 101 cm³/mol. The number of rotatable bonds is 4. The molecule has 2 N–H and O–H groups in total. The minimum absolute atomic E-state index is 0.150. The molecule has 5 heteroatoms. The molecule has 1 heterocycles. The number of hydrogen-bond donors (Lipinski definition) is 1. The minimum Gasteiger partial charge on any atom is -0.440 e. The molecule has 0 fully saturated rings. The molecule has 1 atom stereocenters. The lowest BCUT2D eigenvalue weighted by Gasteiger charge is -2.29. The quantitative estimate of drug-likeness (QED) is 0.884. The van der Waals surface area contributed by atoms with E-state index in [2.05, 4.69) is 30.9 Å². The highest BCUT2D eigenvalue weighted by Gasteiger charge is 2.31. The normalized spacial score (nSPS) is 16.0. The molecule has 0 saturated heterocycles. The van der Waals surface area contributed by atoms with Crippen LogP contribution < -0.4 is 15.4 Å². The molecule has 128 valence electrons. The zero-order valence-electron chi connectivity index (χ0n) is 14.3.